The lowest BCUT2D eigenvalue weighted by Crippen LogP contribution is -2.38. The van der Waals surface area contributed by atoms with Crippen LogP contribution in [0, 0.1) is 0 Å². The smallest absolute Gasteiger partial charge is 0.238 e. The van der Waals surface area contributed by atoms with E-state index in [4.69, 9.17) is 4.74 Å². The van der Waals surface area contributed by atoms with Crippen LogP contribution in [-0.4, -0.2) is 64.2 Å². The quantitative estimate of drug-likeness (QED) is 0.224. The topological polar surface area (TPSA) is 78.0 Å². The number of carbonyl (C=O) groups is 1. The van der Waals surface area contributed by atoms with Crippen molar-refractivity contribution in [1.82, 2.24) is 15.5 Å². The van der Waals surface area contributed by atoms with Crippen molar-refractivity contribution in [2.45, 2.75) is 13.5 Å². The van der Waals surface area contributed by atoms with Crippen LogP contribution >= 0.6 is 24.0 Å². The molecule has 0 aliphatic rings. The van der Waals surface area contributed by atoms with Gasteiger partial charge in [0.25, 0.3) is 0 Å². The van der Waals surface area contributed by atoms with Gasteiger partial charge in [-0.15, -0.1) is 24.0 Å². The second-order valence-corrected chi connectivity index (χ2v) is 5.54. The molecule has 0 bridgehead atoms. The van der Waals surface area contributed by atoms with Crippen molar-refractivity contribution < 1.29 is 9.53 Å². The summed E-state index contributed by atoms with van der Waals surface area (Å²) in [5.74, 6) is 0.690. The summed E-state index contributed by atoms with van der Waals surface area (Å²) < 4.78 is 5.28. The van der Waals surface area contributed by atoms with Gasteiger partial charge in [-0.3, -0.25) is 9.79 Å². The number of hydrogen-bond donors (Lipinski definition) is 3. The van der Waals surface area contributed by atoms with Crippen LogP contribution in [0.5, 0.6) is 0 Å². The Bertz CT molecular complexity index is 538. The van der Waals surface area contributed by atoms with Crippen LogP contribution in [0.4, 0.5) is 5.69 Å². The molecule has 7 nitrogen and oxygen atoms in total. The summed E-state index contributed by atoms with van der Waals surface area (Å²) in [7, 11) is 5.46. The SMILES string of the molecule is CCOCCNC(=NC)NCc1cccc(NC(=O)CN(C)C)c1.I. The molecule has 0 saturated carbocycles. The zero-order valence-electron chi connectivity index (χ0n) is 15.5. The number of likely N-dealkylation sites (N-methyl/N-ethyl adjacent to an activating group) is 1. The Morgan fingerprint density at radius 1 is 1.28 bits per heavy atom. The van der Waals surface area contributed by atoms with Gasteiger partial charge in [0.05, 0.1) is 13.2 Å². The van der Waals surface area contributed by atoms with Gasteiger partial charge in [0.15, 0.2) is 5.96 Å². The van der Waals surface area contributed by atoms with Gasteiger partial charge in [0, 0.05) is 32.4 Å². The fraction of sp³-hybridized carbons (Fsp3) is 0.529. The fourth-order valence-corrected chi connectivity index (χ4v) is 2.04. The first-order valence-corrected chi connectivity index (χ1v) is 8.11. The van der Waals surface area contributed by atoms with Crippen LogP contribution in [0.1, 0.15) is 12.5 Å². The number of benzene rings is 1. The molecule has 0 aliphatic heterocycles. The molecule has 0 spiro atoms. The lowest BCUT2D eigenvalue weighted by atomic mass is 10.2. The molecule has 1 rings (SSSR count). The zero-order valence-corrected chi connectivity index (χ0v) is 17.8. The Kier molecular flexibility index (Phi) is 13.1. The normalized spacial score (nSPS) is 11.0. The van der Waals surface area contributed by atoms with Crippen LogP contribution in [0.15, 0.2) is 29.3 Å². The molecule has 8 heteroatoms. The van der Waals surface area contributed by atoms with E-state index < -0.39 is 0 Å². The average Bonchev–Trinajstić information content (AvgIpc) is 2.53. The molecule has 3 N–H and O–H groups in total. The van der Waals surface area contributed by atoms with Crippen molar-refractivity contribution in [3.8, 4) is 0 Å². The van der Waals surface area contributed by atoms with Crippen LogP contribution < -0.4 is 16.0 Å². The molecule has 0 heterocycles. The monoisotopic (exact) mass is 463 g/mol. The average molecular weight is 463 g/mol. The Morgan fingerprint density at radius 3 is 2.68 bits per heavy atom. The zero-order chi connectivity index (χ0) is 17.8. The van der Waals surface area contributed by atoms with E-state index in [0.29, 0.717) is 32.8 Å². The van der Waals surface area contributed by atoms with Crippen molar-refractivity contribution >= 4 is 41.5 Å². The summed E-state index contributed by atoms with van der Waals surface area (Å²) in [6, 6.07) is 7.76. The summed E-state index contributed by atoms with van der Waals surface area (Å²) in [6.45, 7) is 5.00. The summed E-state index contributed by atoms with van der Waals surface area (Å²) in [4.78, 5) is 17.8. The molecule has 0 saturated heterocycles. The van der Waals surface area contributed by atoms with Crippen LogP contribution in [0.25, 0.3) is 0 Å². The summed E-state index contributed by atoms with van der Waals surface area (Å²) in [5, 5.41) is 9.31. The van der Waals surface area contributed by atoms with Crippen molar-refractivity contribution in [2.24, 2.45) is 4.99 Å². The molecular formula is C17H30IN5O2. The predicted octanol–water partition coefficient (Wildman–Crippen LogP) is 1.51. The Morgan fingerprint density at radius 2 is 2.04 bits per heavy atom. The minimum atomic E-state index is -0.0292. The highest BCUT2D eigenvalue weighted by Gasteiger charge is 2.04. The van der Waals surface area contributed by atoms with Crippen LogP contribution in [-0.2, 0) is 16.1 Å². The highest BCUT2D eigenvalue weighted by atomic mass is 127. The van der Waals surface area contributed by atoms with E-state index in [0.717, 1.165) is 17.2 Å². The lowest BCUT2D eigenvalue weighted by molar-refractivity contribution is -0.116. The number of rotatable bonds is 9. The number of nitrogens with one attached hydrogen (secondary N) is 3. The molecule has 1 aromatic carbocycles. The van der Waals surface area contributed by atoms with E-state index in [1.54, 1.807) is 7.05 Å². The number of aliphatic imine (C=N–C) groups is 1. The number of carbonyl (C=O) groups excluding carboxylic acids is 1. The first kappa shape index (κ1) is 23.6. The number of amides is 1. The second kappa shape index (κ2) is 13.9. The third-order valence-corrected chi connectivity index (χ3v) is 3.10. The predicted molar refractivity (Wildman–Crippen MR) is 114 cm³/mol. The number of guanidine groups is 1. The molecule has 142 valence electrons. The van der Waals surface area contributed by atoms with Gasteiger partial charge in [-0.1, -0.05) is 12.1 Å². The van der Waals surface area contributed by atoms with Gasteiger partial charge in [0.1, 0.15) is 0 Å². The summed E-state index contributed by atoms with van der Waals surface area (Å²) >= 11 is 0. The third-order valence-electron chi connectivity index (χ3n) is 3.10. The lowest BCUT2D eigenvalue weighted by Gasteiger charge is -2.13. The number of nitrogens with zero attached hydrogens (tertiary/aromatic N) is 2. The largest absolute Gasteiger partial charge is 0.380 e. The molecule has 0 aromatic heterocycles. The van der Waals surface area contributed by atoms with Crippen molar-refractivity contribution in [2.75, 3.05) is 52.8 Å². The second-order valence-electron chi connectivity index (χ2n) is 5.54. The summed E-state index contributed by atoms with van der Waals surface area (Å²) in [5.41, 5.74) is 1.85. The van der Waals surface area contributed by atoms with Gasteiger partial charge < -0.3 is 25.6 Å². The van der Waals surface area contributed by atoms with Crippen molar-refractivity contribution in [3.05, 3.63) is 29.8 Å². The van der Waals surface area contributed by atoms with Gasteiger partial charge in [-0.05, 0) is 38.7 Å². The Hall–Kier alpha value is -1.39. The third kappa shape index (κ3) is 11.0. The Balaban J connectivity index is 0.00000576. The maximum atomic E-state index is 11.8. The fourth-order valence-electron chi connectivity index (χ4n) is 2.04. The van der Waals surface area contributed by atoms with Crippen LogP contribution in [0.2, 0.25) is 0 Å². The van der Waals surface area contributed by atoms with E-state index >= 15 is 0 Å². The molecule has 0 unspecified atom stereocenters. The number of halogens is 1. The maximum Gasteiger partial charge on any atom is 0.238 e. The highest BCUT2D eigenvalue weighted by molar-refractivity contribution is 14.0. The Labute approximate surface area is 167 Å². The highest BCUT2D eigenvalue weighted by Crippen LogP contribution is 2.10. The van der Waals surface area contributed by atoms with Gasteiger partial charge in [-0.25, -0.2) is 0 Å². The standard InChI is InChI=1S/C17H29N5O2.HI/c1-5-24-10-9-19-17(18-2)20-12-14-7-6-8-15(11-14)21-16(23)13-22(3)4;/h6-8,11H,5,9-10,12-13H2,1-4H3,(H,21,23)(H2,18,19,20);1H. The van der Waals surface area contributed by atoms with Gasteiger partial charge >= 0.3 is 0 Å². The molecule has 1 aromatic rings. The summed E-state index contributed by atoms with van der Waals surface area (Å²) in [6.07, 6.45) is 0. The minimum absolute atomic E-state index is 0. The molecule has 1 amide bonds. The molecule has 0 aliphatic carbocycles. The maximum absolute atomic E-state index is 11.8. The van der Waals surface area contributed by atoms with E-state index in [2.05, 4.69) is 20.9 Å². The molecule has 0 radical (unpaired) electrons. The van der Waals surface area contributed by atoms with E-state index in [1.165, 1.54) is 0 Å². The van der Waals surface area contributed by atoms with E-state index in [-0.39, 0.29) is 29.9 Å². The molecule has 0 fully saturated rings. The van der Waals surface area contributed by atoms with E-state index in [9.17, 15) is 4.79 Å². The molecule has 0 atom stereocenters. The number of anilines is 1. The van der Waals surface area contributed by atoms with Crippen LogP contribution in [0.3, 0.4) is 0 Å². The van der Waals surface area contributed by atoms with E-state index in [1.807, 2.05) is 50.2 Å². The first-order chi connectivity index (χ1) is 11.5. The molecule has 25 heavy (non-hydrogen) atoms. The van der Waals surface area contributed by atoms with Crippen molar-refractivity contribution in [3.63, 3.8) is 0 Å². The number of ether oxygens (including phenoxy) is 1. The van der Waals surface area contributed by atoms with Gasteiger partial charge in [-0.2, -0.15) is 0 Å². The minimum Gasteiger partial charge on any atom is -0.380 e. The van der Waals surface area contributed by atoms with Gasteiger partial charge in [0.2, 0.25) is 5.91 Å². The number of hydrogen-bond acceptors (Lipinski definition) is 4. The van der Waals surface area contributed by atoms with Crippen molar-refractivity contribution in [1.29, 1.82) is 0 Å². The first-order valence-electron chi connectivity index (χ1n) is 8.11. The molecular weight excluding hydrogens is 433 g/mol.